The molecule has 0 heterocycles. The van der Waals surface area contributed by atoms with Crippen LogP contribution < -0.4 is 0 Å². The molecule has 0 aromatic heterocycles. The molecule has 1 nitrogen and oxygen atoms in total. The molecule has 0 spiro atoms. The van der Waals surface area contributed by atoms with Crippen LogP contribution in [-0.2, 0) is 10.2 Å². The molecule has 0 saturated heterocycles. The molecule has 1 unspecified atom stereocenters. The number of hydrogen-bond acceptors (Lipinski definition) is 1. The van der Waals surface area contributed by atoms with Crippen LogP contribution >= 0.6 is 0 Å². The smallest absolute Gasteiger partial charge is 0.136 e. The SMILES string of the molecule is CC(C)(c1ccc2ccccc2c1)C1CCCCC1=O. The lowest BCUT2D eigenvalue weighted by molar-refractivity contribution is -0.126. The summed E-state index contributed by atoms with van der Waals surface area (Å²) < 4.78 is 0. The van der Waals surface area contributed by atoms with Gasteiger partial charge in [-0.05, 0) is 34.6 Å². The van der Waals surface area contributed by atoms with Gasteiger partial charge in [-0.25, -0.2) is 0 Å². The predicted molar refractivity (Wildman–Crippen MR) is 83.9 cm³/mol. The van der Waals surface area contributed by atoms with Crippen LogP contribution in [-0.4, -0.2) is 5.78 Å². The highest BCUT2D eigenvalue weighted by Crippen LogP contribution is 2.39. The molecule has 2 aromatic carbocycles. The van der Waals surface area contributed by atoms with Gasteiger partial charge >= 0.3 is 0 Å². The molecule has 1 aliphatic carbocycles. The maximum atomic E-state index is 12.3. The Morgan fingerprint density at radius 3 is 2.50 bits per heavy atom. The third-order valence-electron chi connectivity index (χ3n) is 4.92. The van der Waals surface area contributed by atoms with Crippen molar-refractivity contribution in [2.45, 2.75) is 44.9 Å². The van der Waals surface area contributed by atoms with Crippen LogP contribution in [0, 0.1) is 5.92 Å². The van der Waals surface area contributed by atoms with Crippen LogP contribution in [0.25, 0.3) is 10.8 Å². The third kappa shape index (κ3) is 2.26. The number of ketones is 1. The number of fused-ring (bicyclic) bond motifs is 1. The molecular formula is C19H22O. The van der Waals surface area contributed by atoms with Gasteiger partial charge in [0.15, 0.2) is 0 Å². The summed E-state index contributed by atoms with van der Waals surface area (Å²) in [5.74, 6) is 0.631. The zero-order valence-corrected chi connectivity index (χ0v) is 12.4. The van der Waals surface area contributed by atoms with Crippen molar-refractivity contribution in [1.82, 2.24) is 0 Å². The Kier molecular flexibility index (Phi) is 3.37. The lowest BCUT2D eigenvalue weighted by Crippen LogP contribution is -2.36. The van der Waals surface area contributed by atoms with E-state index in [-0.39, 0.29) is 11.3 Å². The molecule has 0 amide bonds. The first kappa shape index (κ1) is 13.4. The van der Waals surface area contributed by atoms with Crippen molar-refractivity contribution in [2.24, 2.45) is 5.92 Å². The van der Waals surface area contributed by atoms with Gasteiger partial charge in [0.05, 0.1) is 0 Å². The summed E-state index contributed by atoms with van der Waals surface area (Å²) in [7, 11) is 0. The number of carbonyl (C=O) groups excluding carboxylic acids is 1. The standard InChI is InChI=1S/C19H22O/c1-19(2,17-9-5-6-10-18(17)20)16-12-11-14-7-3-4-8-15(14)13-16/h3-4,7-8,11-13,17H,5-6,9-10H2,1-2H3. The van der Waals surface area contributed by atoms with Crippen molar-refractivity contribution < 1.29 is 4.79 Å². The minimum absolute atomic E-state index is 0.0679. The number of hydrogen-bond donors (Lipinski definition) is 0. The summed E-state index contributed by atoms with van der Waals surface area (Å²) in [5, 5.41) is 2.53. The maximum Gasteiger partial charge on any atom is 0.136 e. The van der Waals surface area contributed by atoms with Gasteiger partial charge in [-0.1, -0.05) is 62.7 Å². The van der Waals surface area contributed by atoms with E-state index in [2.05, 4.69) is 56.3 Å². The second-order valence-electron chi connectivity index (χ2n) is 6.55. The molecule has 2 aromatic rings. The second-order valence-corrected chi connectivity index (χ2v) is 6.55. The van der Waals surface area contributed by atoms with E-state index in [4.69, 9.17) is 0 Å². The van der Waals surface area contributed by atoms with Gasteiger partial charge in [0.2, 0.25) is 0 Å². The fraction of sp³-hybridized carbons (Fsp3) is 0.421. The quantitative estimate of drug-likeness (QED) is 0.757. The Bertz CT molecular complexity index is 639. The average Bonchev–Trinajstić information content (AvgIpc) is 2.47. The Hall–Kier alpha value is -1.63. The lowest BCUT2D eigenvalue weighted by Gasteiger charge is -2.36. The normalized spacial score (nSPS) is 20.3. The van der Waals surface area contributed by atoms with Crippen LogP contribution in [0.2, 0.25) is 0 Å². The van der Waals surface area contributed by atoms with Crippen LogP contribution in [0.15, 0.2) is 42.5 Å². The Labute approximate surface area is 121 Å². The number of carbonyl (C=O) groups is 1. The summed E-state index contributed by atoms with van der Waals surface area (Å²) in [4.78, 5) is 12.3. The van der Waals surface area contributed by atoms with Crippen molar-refractivity contribution in [3.63, 3.8) is 0 Å². The first-order valence-electron chi connectivity index (χ1n) is 7.61. The molecule has 1 fully saturated rings. The molecule has 0 bridgehead atoms. The van der Waals surface area contributed by atoms with Crippen molar-refractivity contribution in [1.29, 1.82) is 0 Å². The molecule has 1 saturated carbocycles. The Morgan fingerprint density at radius 1 is 1.00 bits per heavy atom. The van der Waals surface area contributed by atoms with Crippen molar-refractivity contribution >= 4 is 16.6 Å². The molecule has 0 radical (unpaired) electrons. The fourth-order valence-corrected chi connectivity index (χ4v) is 3.54. The van der Waals surface area contributed by atoms with E-state index in [1.807, 2.05) is 0 Å². The monoisotopic (exact) mass is 266 g/mol. The largest absolute Gasteiger partial charge is 0.299 e. The molecule has 1 atom stereocenters. The van der Waals surface area contributed by atoms with Gasteiger partial charge in [0.1, 0.15) is 5.78 Å². The fourth-order valence-electron chi connectivity index (χ4n) is 3.54. The lowest BCUT2D eigenvalue weighted by atomic mass is 9.67. The Morgan fingerprint density at radius 2 is 1.75 bits per heavy atom. The van der Waals surface area contributed by atoms with Crippen LogP contribution in [0.3, 0.4) is 0 Å². The third-order valence-corrected chi connectivity index (χ3v) is 4.92. The second kappa shape index (κ2) is 5.05. The van der Waals surface area contributed by atoms with E-state index in [1.54, 1.807) is 0 Å². The van der Waals surface area contributed by atoms with E-state index >= 15 is 0 Å². The van der Waals surface area contributed by atoms with Gasteiger partial charge in [-0.3, -0.25) is 4.79 Å². The highest BCUT2D eigenvalue weighted by Gasteiger charge is 2.37. The highest BCUT2D eigenvalue weighted by molar-refractivity contribution is 5.85. The van der Waals surface area contributed by atoms with Crippen molar-refractivity contribution in [3.05, 3.63) is 48.0 Å². The molecule has 1 aliphatic rings. The van der Waals surface area contributed by atoms with Gasteiger partial charge in [-0.15, -0.1) is 0 Å². The van der Waals surface area contributed by atoms with Crippen molar-refractivity contribution in [2.75, 3.05) is 0 Å². The van der Waals surface area contributed by atoms with Crippen molar-refractivity contribution in [3.8, 4) is 0 Å². The molecular weight excluding hydrogens is 244 g/mol. The van der Waals surface area contributed by atoms with Gasteiger partial charge in [0.25, 0.3) is 0 Å². The molecule has 20 heavy (non-hydrogen) atoms. The van der Waals surface area contributed by atoms with Gasteiger partial charge < -0.3 is 0 Å². The molecule has 1 heteroatoms. The zero-order valence-electron chi connectivity index (χ0n) is 12.4. The van der Waals surface area contributed by atoms with E-state index < -0.39 is 0 Å². The molecule has 0 aliphatic heterocycles. The van der Waals surface area contributed by atoms with Crippen LogP contribution in [0.1, 0.15) is 45.1 Å². The van der Waals surface area contributed by atoms with Gasteiger partial charge in [-0.2, -0.15) is 0 Å². The number of Topliss-reactive ketones (excluding diaryl/α,β-unsaturated/α-hetero) is 1. The minimum Gasteiger partial charge on any atom is -0.299 e. The maximum absolute atomic E-state index is 12.3. The summed E-state index contributed by atoms with van der Waals surface area (Å²) in [6.07, 6.45) is 4.07. The molecule has 0 N–H and O–H groups in total. The minimum atomic E-state index is -0.0679. The van der Waals surface area contributed by atoms with Crippen LogP contribution in [0.5, 0.6) is 0 Å². The first-order valence-corrected chi connectivity index (χ1v) is 7.61. The predicted octanol–water partition coefficient (Wildman–Crippen LogP) is 4.88. The summed E-state index contributed by atoms with van der Waals surface area (Å²) in [6, 6.07) is 15.1. The molecule has 104 valence electrons. The zero-order chi connectivity index (χ0) is 14.2. The van der Waals surface area contributed by atoms with Crippen LogP contribution in [0.4, 0.5) is 0 Å². The van der Waals surface area contributed by atoms with E-state index in [9.17, 15) is 4.79 Å². The number of rotatable bonds is 2. The van der Waals surface area contributed by atoms with E-state index in [0.717, 1.165) is 19.3 Å². The summed E-state index contributed by atoms with van der Waals surface area (Å²) in [5.41, 5.74) is 1.22. The Balaban J connectivity index is 2.01. The first-order chi connectivity index (χ1) is 9.59. The molecule has 3 rings (SSSR count). The average molecular weight is 266 g/mol. The van der Waals surface area contributed by atoms with E-state index in [1.165, 1.54) is 22.8 Å². The topological polar surface area (TPSA) is 17.1 Å². The van der Waals surface area contributed by atoms with E-state index in [0.29, 0.717) is 5.78 Å². The van der Waals surface area contributed by atoms with Gasteiger partial charge in [0, 0.05) is 12.3 Å². The number of benzene rings is 2. The summed E-state index contributed by atoms with van der Waals surface area (Å²) in [6.45, 7) is 4.45. The summed E-state index contributed by atoms with van der Waals surface area (Å²) >= 11 is 0. The highest BCUT2D eigenvalue weighted by atomic mass is 16.1.